The number of carbonyl (C=O) groups is 1. The van der Waals surface area contributed by atoms with Crippen LogP contribution in [0.4, 0.5) is 5.69 Å². The van der Waals surface area contributed by atoms with Crippen LogP contribution in [0, 0.1) is 6.92 Å². The number of hydrogen-bond acceptors (Lipinski definition) is 3. The quantitative estimate of drug-likeness (QED) is 0.808. The number of anilines is 1. The lowest BCUT2D eigenvalue weighted by molar-refractivity contribution is -0.117. The minimum absolute atomic E-state index is 0.00254. The van der Waals surface area contributed by atoms with E-state index in [0.29, 0.717) is 5.25 Å². The number of benzene rings is 1. The summed E-state index contributed by atoms with van der Waals surface area (Å²) in [7, 11) is 0. The normalized spacial score (nSPS) is 19.4. The summed E-state index contributed by atoms with van der Waals surface area (Å²) in [5.41, 5.74) is 7.66. The number of hydrogen-bond donors (Lipinski definition) is 1. The van der Waals surface area contributed by atoms with E-state index in [1.807, 2.05) is 23.9 Å². The number of carbonyl (C=O) groups excluding carboxylic acids is 1. The molecule has 3 nitrogen and oxygen atoms in total. The van der Waals surface area contributed by atoms with E-state index >= 15 is 0 Å². The van der Waals surface area contributed by atoms with Gasteiger partial charge in [-0.05, 0) is 24.6 Å². The summed E-state index contributed by atoms with van der Waals surface area (Å²) >= 11 is 1.82. The molecule has 0 bridgehead atoms. The Bertz CT molecular complexity index is 419. The molecule has 0 radical (unpaired) electrons. The van der Waals surface area contributed by atoms with Gasteiger partial charge in [-0.15, -0.1) is 11.8 Å². The van der Waals surface area contributed by atoms with Crippen molar-refractivity contribution in [3.05, 3.63) is 23.8 Å². The second kappa shape index (κ2) is 4.47. The molecule has 1 aliphatic rings. The first-order chi connectivity index (χ1) is 7.61. The lowest BCUT2D eigenvalue weighted by Crippen LogP contribution is -2.41. The molecule has 0 spiro atoms. The fourth-order valence-electron chi connectivity index (χ4n) is 1.89. The molecule has 1 heterocycles. The van der Waals surface area contributed by atoms with Crippen LogP contribution in [-0.4, -0.2) is 24.2 Å². The first-order valence-electron chi connectivity index (χ1n) is 5.39. The molecule has 0 saturated heterocycles. The van der Waals surface area contributed by atoms with E-state index in [4.69, 9.17) is 5.73 Å². The van der Waals surface area contributed by atoms with Crippen molar-refractivity contribution in [3.8, 4) is 0 Å². The molecule has 0 fully saturated rings. The van der Waals surface area contributed by atoms with Gasteiger partial charge in [0.05, 0.1) is 12.2 Å². The molecule has 2 N–H and O–H groups in total. The van der Waals surface area contributed by atoms with Gasteiger partial charge in [0, 0.05) is 16.7 Å². The number of thioether (sulfide) groups is 1. The maximum atomic E-state index is 11.8. The van der Waals surface area contributed by atoms with Gasteiger partial charge < -0.3 is 10.6 Å². The zero-order chi connectivity index (χ0) is 11.7. The second-order valence-electron chi connectivity index (χ2n) is 4.11. The second-order valence-corrected chi connectivity index (χ2v) is 5.59. The van der Waals surface area contributed by atoms with Crippen LogP contribution in [0.1, 0.15) is 12.5 Å². The SMILES string of the molecule is Cc1ccc2c(c1)SC(C)CN2C(=O)CN. The number of rotatable bonds is 1. The predicted octanol–water partition coefficient (Wildman–Crippen LogP) is 1.78. The van der Waals surface area contributed by atoms with Crippen LogP contribution >= 0.6 is 11.8 Å². The number of amides is 1. The maximum absolute atomic E-state index is 11.8. The van der Waals surface area contributed by atoms with Crippen molar-refractivity contribution < 1.29 is 4.79 Å². The third kappa shape index (κ3) is 2.08. The lowest BCUT2D eigenvalue weighted by Gasteiger charge is -2.32. The van der Waals surface area contributed by atoms with Crippen LogP contribution in [0.25, 0.3) is 0 Å². The van der Waals surface area contributed by atoms with Gasteiger partial charge in [-0.1, -0.05) is 13.0 Å². The Hall–Kier alpha value is -1.00. The maximum Gasteiger partial charge on any atom is 0.240 e. The van der Waals surface area contributed by atoms with Gasteiger partial charge >= 0.3 is 0 Å². The molecule has 1 aliphatic heterocycles. The van der Waals surface area contributed by atoms with E-state index in [0.717, 1.165) is 12.2 Å². The smallest absolute Gasteiger partial charge is 0.240 e. The zero-order valence-electron chi connectivity index (χ0n) is 9.56. The fourth-order valence-corrected chi connectivity index (χ4v) is 3.10. The van der Waals surface area contributed by atoms with Gasteiger partial charge in [0.25, 0.3) is 0 Å². The average molecular weight is 236 g/mol. The number of nitrogens with zero attached hydrogens (tertiary/aromatic N) is 1. The minimum Gasteiger partial charge on any atom is -0.322 e. The Morgan fingerprint density at radius 3 is 3.06 bits per heavy atom. The van der Waals surface area contributed by atoms with Crippen molar-refractivity contribution in [2.24, 2.45) is 5.73 Å². The summed E-state index contributed by atoms with van der Waals surface area (Å²) in [6.45, 7) is 5.02. The summed E-state index contributed by atoms with van der Waals surface area (Å²) in [4.78, 5) is 14.7. The Labute approximate surface area is 100.0 Å². The molecule has 0 aliphatic carbocycles. The molecule has 1 unspecified atom stereocenters. The van der Waals surface area contributed by atoms with Crippen LogP contribution in [0.5, 0.6) is 0 Å². The van der Waals surface area contributed by atoms with Gasteiger partial charge in [0.15, 0.2) is 0 Å². The monoisotopic (exact) mass is 236 g/mol. The Morgan fingerprint density at radius 1 is 1.62 bits per heavy atom. The number of fused-ring (bicyclic) bond motifs is 1. The number of aryl methyl sites for hydroxylation is 1. The Balaban J connectivity index is 2.41. The zero-order valence-corrected chi connectivity index (χ0v) is 10.4. The molecule has 4 heteroatoms. The molecule has 1 aromatic carbocycles. The molecule has 1 amide bonds. The van der Waals surface area contributed by atoms with E-state index in [9.17, 15) is 4.79 Å². The highest BCUT2D eigenvalue weighted by molar-refractivity contribution is 8.00. The van der Waals surface area contributed by atoms with Gasteiger partial charge in [-0.2, -0.15) is 0 Å². The van der Waals surface area contributed by atoms with Crippen molar-refractivity contribution in [1.82, 2.24) is 0 Å². The molecule has 1 atom stereocenters. The minimum atomic E-state index is -0.00254. The molecule has 86 valence electrons. The number of nitrogens with two attached hydrogens (primary N) is 1. The third-order valence-corrected chi connectivity index (χ3v) is 3.78. The summed E-state index contributed by atoms with van der Waals surface area (Å²) in [5.74, 6) is -0.00254. The van der Waals surface area contributed by atoms with Crippen molar-refractivity contribution in [2.45, 2.75) is 24.0 Å². The topological polar surface area (TPSA) is 46.3 Å². The average Bonchev–Trinajstić information content (AvgIpc) is 2.26. The first kappa shape index (κ1) is 11.5. The molecule has 16 heavy (non-hydrogen) atoms. The largest absolute Gasteiger partial charge is 0.322 e. The molecule has 2 rings (SSSR count). The van der Waals surface area contributed by atoms with E-state index in [2.05, 4.69) is 19.9 Å². The van der Waals surface area contributed by atoms with Crippen LogP contribution < -0.4 is 10.6 Å². The molecular weight excluding hydrogens is 220 g/mol. The Morgan fingerprint density at radius 2 is 2.38 bits per heavy atom. The summed E-state index contributed by atoms with van der Waals surface area (Å²) in [5, 5.41) is 0.421. The van der Waals surface area contributed by atoms with Gasteiger partial charge in [-0.25, -0.2) is 0 Å². The van der Waals surface area contributed by atoms with Crippen LogP contribution in [0.15, 0.2) is 23.1 Å². The van der Waals surface area contributed by atoms with Gasteiger partial charge in [0.2, 0.25) is 5.91 Å². The fraction of sp³-hybridized carbons (Fsp3) is 0.417. The first-order valence-corrected chi connectivity index (χ1v) is 6.27. The molecule has 1 aromatic rings. The standard InChI is InChI=1S/C12H16N2OS/c1-8-3-4-10-11(5-8)16-9(2)7-14(10)12(15)6-13/h3-5,9H,6-7,13H2,1-2H3. The van der Waals surface area contributed by atoms with E-state index < -0.39 is 0 Å². The highest BCUT2D eigenvalue weighted by Crippen LogP contribution is 2.38. The van der Waals surface area contributed by atoms with Crippen molar-refractivity contribution in [2.75, 3.05) is 18.0 Å². The van der Waals surface area contributed by atoms with Crippen molar-refractivity contribution in [3.63, 3.8) is 0 Å². The van der Waals surface area contributed by atoms with Crippen LogP contribution in [-0.2, 0) is 4.79 Å². The van der Waals surface area contributed by atoms with Crippen molar-refractivity contribution in [1.29, 1.82) is 0 Å². The third-order valence-electron chi connectivity index (χ3n) is 2.65. The van der Waals surface area contributed by atoms with Gasteiger partial charge in [-0.3, -0.25) is 4.79 Å². The van der Waals surface area contributed by atoms with E-state index in [-0.39, 0.29) is 12.5 Å². The molecule has 0 saturated carbocycles. The highest BCUT2D eigenvalue weighted by atomic mass is 32.2. The van der Waals surface area contributed by atoms with Crippen LogP contribution in [0.2, 0.25) is 0 Å². The summed E-state index contributed by atoms with van der Waals surface area (Å²) in [6, 6.07) is 6.18. The summed E-state index contributed by atoms with van der Waals surface area (Å²) < 4.78 is 0. The highest BCUT2D eigenvalue weighted by Gasteiger charge is 2.25. The molecular formula is C12H16N2OS. The Kier molecular flexibility index (Phi) is 3.21. The van der Waals surface area contributed by atoms with Gasteiger partial charge in [0.1, 0.15) is 0 Å². The van der Waals surface area contributed by atoms with E-state index in [1.54, 1.807) is 4.90 Å². The lowest BCUT2D eigenvalue weighted by atomic mass is 10.2. The summed E-state index contributed by atoms with van der Waals surface area (Å²) in [6.07, 6.45) is 0. The van der Waals surface area contributed by atoms with E-state index in [1.165, 1.54) is 10.5 Å². The van der Waals surface area contributed by atoms with Crippen molar-refractivity contribution >= 4 is 23.4 Å². The predicted molar refractivity (Wildman–Crippen MR) is 67.9 cm³/mol. The van der Waals surface area contributed by atoms with Crippen LogP contribution in [0.3, 0.4) is 0 Å². The molecule has 0 aromatic heterocycles.